The molecular weight excluding hydrogens is 258 g/mol. The predicted octanol–water partition coefficient (Wildman–Crippen LogP) is 2.51. The number of hydrogen-bond donors (Lipinski definition) is 0. The van der Waals surface area contributed by atoms with Crippen LogP contribution in [0.25, 0.3) is 10.8 Å². The second-order valence-corrected chi connectivity index (χ2v) is 4.58. The molecule has 0 atom stereocenters. The Morgan fingerprint density at radius 3 is 2.40 bits per heavy atom. The van der Waals surface area contributed by atoms with Crippen molar-refractivity contribution in [1.29, 1.82) is 0 Å². The minimum atomic E-state index is -0.960. The number of carbonyl (C=O) groups excluding carboxylic acids is 3. The molecule has 20 heavy (non-hydrogen) atoms. The van der Waals surface area contributed by atoms with E-state index in [0.717, 1.165) is 18.1 Å². The molecule has 0 fully saturated rings. The van der Waals surface area contributed by atoms with E-state index in [1.54, 1.807) is 18.2 Å². The molecule has 5 nitrogen and oxygen atoms in total. The fourth-order valence-corrected chi connectivity index (χ4v) is 2.54. The van der Waals surface area contributed by atoms with Crippen molar-refractivity contribution in [3.8, 4) is 0 Å². The van der Waals surface area contributed by atoms with E-state index in [2.05, 4.69) is 4.74 Å². The van der Waals surface area contributed by atoms with Crippen LogP contribution in [0.4, 0.5) is 4.79 Å². The fraction of sp³-hybridized carbons (Fsp3) is 0.133. The van der Waals surface area contributed by atoms with Crippen molar-refractivity contribution in [2.24, 2.45) is 0 Å². The quantitative estimate of drug-likeness (QED) is 0.689. The summed E-state index contributed by atoms with van der Waals surface area (Å²) >= 11 is 0. The molecule has 2 aromatic rings. The smallest absolute Gasteiger partial charge is 0.423 e. The SMILES string of the molecule is COC(=O)N1C(=O)c2cc(C)c3ccccc3c2C1=O. The lowest BCUT2D eigenvalue weighted by molar-refractivity contribution is 0.0623. The zero-order chi connectivity index (χ0) is 14.4. The summed E-state index contributed by atoms with van der Waals surface area (Å²) in [5.41, 5.74) is 1.39. The molecule has 1 heterocycles. The lowest BCUT2D eigenvalue weighted by Crippen LogP contribution is -2.35. The van der Waals surface area contributed by atoms with Gasteiger partial charge in [-0.15, -0.1) is 0 Å². The molecule has 2 aromatic carbocycles. The van der Waals surface area contributed by atoms with Crippen LogP contribution in [-0.2, 0) is 4.74 Å². The third kappa shape index (κ3) is 1.46. The number of carbonyl (C=O) groups is 3. The van der Waals surface area contributed by atoms with Gasteiger partial charge in [-0.1, -0.05) is 24.3 Å². The first kappa shape index (κ1) is 12.3. The van der Waals surface area contributed by atoms with Crippen LogP contribution in [0.2, 0.25) is 0 Å². The maximum Gasteiger partial charge on any atom is 0.423 e. The molecule has 0 aromatic heterocycles. The number of nitrogens with zero attached hydrogens (tertiary/aromatic N) is 1. The monoisotopic (exact) mass is 269 g/mol. The highest BCUT2D eigenvalue weighted by Crippen LogP contribution is 2.32. The van der Waals surface area contributed by atoms with Crippen LogP contribution in [0.3, 0.4) is 0 Å². The van der Waals surface area contributed by atoms with Crippen LogP contribution in [0.15, 0.2) is 30.3 Å². The van der Waals surface area contributed by atoms with E-state index >= 15 is 0 Å². The summed E-state index contributed by atoms with van der Waals surface area (Å²) in [5.74, 6) is -1.27. The average molecular weight is 269 g/mol. The summed E-state index contributed by atoms with van der Waals surface area (Å²) in [7, 11) is 1.13. The largest absolute Gasteiger partial charge is 0.452 e. The van der Waals surface area contributed by atoms with Gasteiger partial charge < -0.3 is 4.74 Å². The van der Waals surface area contributed by atoms with Crippen molar-refractivity contribution < 1.29 is 19.1 Å². The molecule has 1 aliphatic heterocycles. The lowest BCUT2D eigenvalue weighted by atomic mass is 9.96. The number of fused-ring (bicyclic) bond motifs is 3. The van der Waals surface area contributed by atoms with E-state index in [9.17, 15) is 14.4 Å². The molecule has 1 aliphatic rings. The Bertz CT molecular complexity index is 779. The number of hydrogen-bond acceptors (Lipinski definition) is 4. The Morgan fingerprint density at radius 1 is 1.10 bits per heavy atom. The van der Waals surface area contributed by atoms with Gasteiger partial charge in [-0.2, -0.15) is 4.90 Å². The van der Waals surface area contributed by atoms with Gasteiger partial charge >= 0.3 is 6.09 Å². The topological polar surface area (TPSA) is 63.7 Å². The van der Waals surface area contributed by atoms with Gasteiger partial charge in [0.25, 0.3) is 11.8 Å². The third-order valence-corrected chi connectivity index (χ3v) is 3.46. The molecule has 0 spiro atoms. The number of methoxy groups -OCH3 is 1. The highest BCUT2D eigenvalue weighted by molar-refractivity contribution is 6.32. The van der Waals surface area contributed by atoms with E-state index in [-0.39, 0.29) is 11.1 Å². The molecular formula is C15H11NO4. The van der Waals surface area contributed by atoms with E-state index in [1.807, 2.05) is 19.1 Å². The molecule has 0 unspecified atom stereocenters. The molecule has 0 aliphatic carbocycles. The highest BCUT2D eigenvalue weighted by Gasteiger charge is 2.42. The van der Waals surface area contributed by atoms with Crippen LogP contribution in [0.5, 0.6) is 0 Å². The van der Waals surface area contributed by atoms with Crippen molar-refractivity contribution in [3.05, 3.63) is 47.0 Å². The Balaban J connectivity index is 2.33. The number of amides is 3. The normalized spacial score (nSPS) is 13.8. The van der Waals surface area contributed by atoms with Crippen LogP contribution >= 0.6 is 0 Å². The summed E-state index contributed by atoms with van der Waals surface area (Å²) in [6.45, 7) is 1.86. The number of ether oxygens (including phenoxy) is 1. The number of rotatable bonds is 0. The second-order valence-electron chi connectivity index (χ2n) is 4.58. The molecule has 0 N–H and O–H groups in total. The minimum absolute atomic E-state index is 0.247. The molecule has 5 heteroatoms. The summed E-state index contributed by atoms with van der Waals surface area (Å²) < 4.78 is 4.49. The van der Waals surface area contributed by atoms with Crippen molar-refractivity contribution in [1.82, 2.24) is 4.90 Å². The molecule has 3 rings (SSSR count). The Hall–Kier alpha value is -2.69. The Labute approximate surface area is 114 Å². The molecule has 0 bridgehead atoms. The van der Waals surface area contributed by atoms with E-state index in [0.29, 0.717) is 10.3 Å². The van der Waals surface area contributed by atoms with Crippen molar-refractivity contribution in [3.63, 3.8) is 0 Å². The molecule has 0 saturated carbocycles. The number of benzene rings is 2. The number of aryl methyl sites for hydroxylation is 1. The summed E-state index contributed by atoms with van der Waals surface area (Å²) in [4.78, 5) is 36.7. The minimum Gasteiger partial charge on any atom is -0.452 e. The van der Waals surface area contributed by atoms with Gasteiger partial charge in [-0.3, -0.25) is 9.59 Å². The van der Waals surface area contributed by atoms with E-state index < -0.39 is 17.9 Å². The van der Waals surface area contributed by atoms with Gasteiger partial charge in [0.05, 0.1) is 18.2 Å². The number of imide groups is 3. The maximum atomic E-state index is 12.3. The van der Waals surface area contributed by atoms with E-state index in [4.69, 9.17) is 0 Å². The van der Waals surface area contributed by atoms with E-state index in [1.165, 1.54) is 0 Å². The van der Waals surface area contributed by atoms with Crippen molar-refractivity contribution >= 4 is 28.7 Å². The first-order chi connectivity index (χ1) is 9.56. The van der Waals surface area contributed by atoms with Gasteiger partial charge in [-0.05, 0) is 29.3 Å². The van der Waals surface area contributed by atoms with Gasteiger partial charge in [0.2, 0.25) is 0 Å². The summed E-state index contributed by atoms with van der Waals surface area (Å²) in [6, 6.07) is 8.94. The zero-order valence-electron chi connectivity index (χ0n) is 11.0. The summed E-state index contributed by atoms with van der Waals surface area (Å²) in [6.07, 6.45) is -0.960. The second kappa shape index (κ2) is 4.16. The van der Waals surface area contributed by atoms with Crippen molar-refractivity contribution in [2.75, 3.05) is 7.11 Å². The molecule has 0 radical (unpaired) electrons. The Morgan fingerprint density at radius 2 is 1.75 bits per heavy atom. The zero-order valence-corrected chi connectivity index (χ0v) is 11.0. The highest BCUT2D eigenvalue weighted by atomic mass is 16.5. The van der Waals surface area contributed by atoms with Crippen LogP contribution in [0, 0.1) is 6.92 Å². The first-order valence-corrected chi connectivity index (χ1v) is 6.05. The van der Waals surface area contributed by atoms with Gasteiger partial charge in [-0.25, -0.2) is 4.79 Å². The van der Waals surface area contributed by atoms with Gasteiger partial charge in [0, 0.05) is 0 Å². The first-order valence-electron chi connectivity index (χ1n) is 6.05. The standard InChI is InChI=1S/C15H11NO4/c1-8-7-11-12(10-6-4-3-5-9(8)10)14(18)16(13(11)17)15(19)20-2/h3-7H,1-2H3. The van der Waals surface area contributed by atoms with Crippen molar-refractivity contribution in [2.45, 2.75) is 6.92 Å². The average Bonchev–Trinajstić information content (AvgIpc) is 2.70. The molecule has 100 valence electrons. The van der Waals surface area contributed by atoms with Gasteiger partial charge in [0.15, 0.2) is 0 Å². The predicted molar refractivity (Wildman–Crippen MR) is 71.6 cm³/mol. The fourth-order valence-electron chi connectivity index (χ4n) is 2.54. The van der Waals surface area contributed by atoms with Gasteiger partial charge in [0.1, 0.15) is 0 Å². The molecule has 3 amide bonds. The van der Waals surface area contributed by atoms with Crippen LogP contribution in [0.1, 0.15) is 26.3 Å². The van der Waals surface area contributed by atoms with Crippen LogP contribution < -0.4 is 0 Å². The summed E-state index contributed by atoms with van der Waals surface area (Å²) in [5, 5.41) is 1.56. The third-order valence-electron chi connectivity index (χ3n) is 3.46. The lowest BCUT2D eigenvalue weighted by Gasteiger charge is -2.08. The Kier molecular flexibility index (Phi) is 2.57. The molecule has 0 saturated heterocycles. The van der Waals surface area contributed by atoms with Crippen LogP contribution in [-0.4, -0.2) is 29.9 Å². The maximum absolute atomic E-state index is 12.3.